The third-order valence-electron chi connectivity index (χ3n) is 5.40. The van der Waals surface area contributed by atoms with E-state index >= 15 is 0 Å². The number of halogens is 1. The minimum atomic E-state index is -0.421. The number of carbonyl (C=O) groups excluding carboxylic acids is 2. The predicted octanol–water partition coefficient (Wildman–Crippen LogP) is 1.37. The van der Waals surface area contributed by atoms with Crippen LogP contribution in [0.15, 0.2) is 24.3 Å². The van der Waals surface area contributed by atoms with Crippen molar-refractivity contribution < 1.29 is 14.3 Å². The first-order valence-corrected chi connectivity index (χ1v) is 9.24. The van der Waals surface area contributed by atoms with Crippen LogP contribution < -0.4 is 10.2 Å². The zero-order valence-electron chi connectivity index (χ0n) is 14.9. The van der Waals surface area contributed by atoms with Gasteiger partial charge in [0.2, 0.25) is 11.8 Å². The molecule has 3 heterocycles. The number of hydrogen-bond acceptors (Lipinski definition) is 4. The van der Waals surface area contributed by atoms with Crippen LogP contribution in [0.3, 0.4) is 0 Å². The Kier molecular flexibility index (Phi) is 6.16. The number of ether oxygens (including phenoxy) is 1. The second kappa shape index (κ2) is 8.37. The second-order valence-electron chi connectivity index (χ2n) is 7.05. The second-order valence-corrected chi connectivity index (χ2v) is 7.05. The van der Waals surface area contributed by atoms with Crippen LogP contribution in [0.25, 0.3) is 0 Å². The van der Waals surface area contributed by atoms with Gasteiger partial charge in [-0.2, -0.15) is 0 Å². The van der Waals surface area contributed by atoms with E-state index in [-0.39, 0.29) is 36.7 Å². The first-order chi connectivity index (χ1) is 12.2. The molecule has 2 fully saturated rings. The van der Waals surface area contributed by atoms with E-state index < -0.39 is 6.04 Å². The molecule has 1 N–H and O–H groups in total. The van der Waals surface area contributed by atoms with Crippen LogP contribution in [0.2, 0.25) is 0 Å². The highest BCUT2D eigenvalue weighted by Crippen LogP contribution is 2.28. The number of hydrogen-bond donors (Lipinski definition) is 1. The van der Waals surface area contributed by atoms with Crippen molar-refractivity contribution in [1.82, 2.24) is 10.2 Å². The lowest BCUT2D eigenvalue weighted by Gasteiger charge is -2.34. The Morgan fingerprint density at radius 1 is 1.27 bits per heavy atom. The van der Waals surface area contributed by atoms with Crippen molar-refractivity contribution in [3.63, 3.8) is 0 Å². The van der Waals surface area contributed by atoms with E-state index in [1.54, 1.807) is 0 Å². The summed E-state index contributed by atoms with van der Waals surface area (Å²) in [6, 6.07) is 7.59. The summed E-state index contributed by atoms with van der Waals surface area (Å²) in [5.74, 6) is 0.0531. The molecule has 2 atom stereocenters. The van der Waals surface area contributed by atoms with E-state index in [2.05, 4.69) is 11.4 Å². The molecule has 2 amide bonds. The Morgan fingerprint density at radius 3 is 2.92 bits per heavy atom. The minimum absolute atomic E-state index is 0. The third-order valence-corrected chi connectivity index (χ3v) is 5.40. The molecule has 0 aromatic heterocycles. The molecule has 7 heteroatoms. The fourth-order valence-electron chi connectivity index (χ4n) is 4.05. The number of amides is 2. The molecular weight excluding hydrogens is 354 g/mol. The van der Waals surface area contributed by atoms with Gasteiger partial charge < -0.3 is 19.9 Å². The van der Waals surface area contributed by atoms with Gasteiger partial charge >= 0.3 is 0 Å². The Balaban J connectivity index is 0.00000196. The number of para-hydroxylation sites is 1. The van der Waals surface area contributed by atoms with Crippen LogP contribution in [0.4, 0.5) is 5.69 Å². The zero-order chi connectivity index (χ0) is 17.2. The highest BCUT2D eigenvalue weighted by atomic mass is 35.5. The smallest absolute Gasteiger partial charge is 0.240 e. The summed E-state index contributed by atoms with van der Waals surface area (Å²) in [5.41, 5.74) is 2.20. The Morgan fingerprint density at radius 2 is 2.12 bits per heavy atom. The molecule has 3 aliphatic rings. The molecule has 1 aromatic rings. The van der Waals surface area contributed by atoms with Crippen molar-refractivity contribution >= 4 is 29.9 Å². The molecule has 3 aliphatic heterocycles. The maximum Gasteiger partial charge on any atom is 0.240 e. The highest BCUT2D eigenvalue weighted by Gasteiger charge is 2.34. The van der Waals surface area contributed by atoms with E-state index in [4.69, 9.17) is 4.74 Å². The zero-order valence-corrected chi connectivity index (χ0v) is 15.7. The van der Waals surface area contributed by atoms with Crippen LogP contribution >= 0.6 is 12.4 Å². The number of carbonyl (C=O) groups is 2. The molecule has 142 valence electrons. The summed E-state index contributed by atoms with van der Waals surface area (Å²) in [5, 5.41) is 3.22. The number of benzene rings is 1. The molecule has 4 rings (SSSR count). The summed E-state index contributed by atoms with van der Waals surface area (Å²) in [6.45, 7) is 3.57. The van der Waals surface area contributed by atoms with E-state index in [0.717, 1.165) is 38.1 Å². The van der Waals surface area contributed by atoms with Crippen LogP contribution in [0.5, 0.6) is 0 Å². The topological polar surface area (TPSA) is 61.9 Å². The van der Waals surface area contributed by atoms with E-state index in [9.17, 15) is 9.59 Å². The van der Waals surface area contributed by atoms with Crippen LogP contribution in [0.1, 0.15) is 24.8 Å². The first-order valence-electron chi connectivity index (χ1n) is 9.24. The fourth-order valence-corrected chi connectivity index (χ4v) is 4.05. The first kappa shape index (κ1) is 19.1. The van der Waals surface area contributed by atoms with Crippen molar-refractivity contribution in [3.8, 4) is 0 Å². The number of nitrogens with zero attached hydrogens (tertiary/aromatic N) is 2. The maximum absolute atomic E-state index is 12.8. The van der Waals surface area contributed by atoms with Crippen molar-refractivity contribution in [2.45, 2.75) is 37.8 Å². The number of rotatable bonds is 4. The lowest BCUT2D eigenvalue weighted by molar-refractivity contribution is -0.139. The Hall–Kier alpha value is -1.63. The molecule has 0 bridgehead atoms. The predicted molar refractivity (Wildman–Crippen MR) is 102 cm³/mol. The Bertz CT molecular complexity index is 663. The van der Waals surface area contributed by atoms with E-state index in [0.29, 0.717) is 19.6 Å². The number of nitrogens with one attached hydrogen (secondary N) is 1. The quantitative estimate of drug-likeness (QED) is 0.858. The summed E-state index contributed by atoms with van der Waals surface area (Å²) in [4.78, 5) is 29.2. The average Bonchev–Trinajstić information content (AvgIpc) is 3.28. The van der Waals surface area contributed by atoms with Crippen LogP contribution in [0, 0.1) is 0 Å². The molecule has 0 aliphatic carbocycles. The lowest BCUT2D eigenvalue weighted by Crippen LogP contribution is -2.57. The molecule has 0 spiro atoms. The molecule has 0 saturated carbocycles. The SMILES string of the molecule is Cl.O=C1C(CC(=O)N2CCc3ccccc32)NCCN1CC1CCCO1. The molecule has 26 heavy (non-hydrogen) atoms. The van der Waals surface area contributed by atoms with Crippen molar-refractivity contribution in [3.05, 3.63) is 29.8 Å². The number of fused-ring (bicyclic) bond motifs is 1. The molecule has 2 saturated heterocycles. The van der Waals surface area contributed by atoms with E-state index in [1.165, 1.54) is 5.56 Å². The van der Waals surface area contributed by atoms with Gasteiger partial charge in [0.15, 0.2) is 0 Å². The van der Waals surface area contributed by atoms with Crippen molar-refractivity contribution in [1.29, 1.82) is 0 Å². The van der Waals surface area contributed by atoms with Crippen molar-refractivity contribution in [2.24, 2.45) is 0 Å². The van der Waals surface area contributed by atoms with Crippen molar-refractivity contribution in [2.75, 3.05) is 37.7 Å². The van der Waals surface area contributed by atoms with Gasteiger partial charge in [-0.15, -0.1) is 12.4 Å². The maximum atomic E-state index is 12.8. The van der Waals surface area contributed by atoms with Gasteiger partial charge in [0.05, 0.1) is 18.6 Å². The molecule has 2 unspecified atom stereocenters. The highest BCUT2D eigenvalue weighted by molar-refractivity contribution is 5.98. The summed E-state index contributed by atoms with van der Waals surface area (Å²) in [6.07, 6.45) is 3.35. The third kappa shape index (κ3) is 3.87. The standard InChI is InChI=1S/C19H25N3O3.ClH/c23-18(22-9-7-14-4-1-2-6-17(14)22)12-16-19(24)21(10-8-20-16)13-15-5-3-11-25-15;/h1-2,4,6,15-16,20H,3,5,7-13H2;1H. The lowest BCUT2D eigenvalue weighted by atomic mass is 10.1. The minimum Gasteiger partial charge on any atom is -0.376 e. The van der Waals surface area contributed by atoms with Crippen LogP contribution in [-0.4, -0.2) is 61.6 Å². The normalized spacial score (nSPS) is 25.2. The van der Waals surface area contributed by atoms with Gasteiger partial charge in [0.25, 0.3) is 0 Å². The summed E-state index contributed by atoms with van der Waals surface area (Å²) in [7, 11) is 0. The molecule has 0 radical (unpaired) electrons. The number of piperazine rings is 1. The van der Waals surface area contributed by atoms with Gasteiger partial charge in [-0.25, -0.2) is 0 Å². The summed E-state index contributed by atoms with van der Waals surface area (Å²) < 4.78 is 5.65. The Labute approximate surface area is 160 Å². The molecular formula is C19H26ClN3O3. The summed E-state index contributed by atoms with van der Waals surface area (Å²) >= 11 is 0. The fraction of sp³-hybridized carbons (Fsp3) is 0.579. The van der Waals surface area contributed by atoms with Gasteiger partial charge in [-0.3, -0.25) is 9.59 Å². The van der Waals surface area contributed by atoms with Gasteiger partial charge in [0, 0.05) is 38.5 Å². The number of anilines is 1. The van der Waals surface area contributed by atoms with Gasteiger partial charge in [-0.1, -0.05) is 18.2 Å². The van der Waals surface area contributed by atoms with Crippen LogP contribution in [-0.2, 0) is 20.7 Å². The van der Waals surface area contributed by atoms with E-state index in [1.807, 2.05) is 28.0 Å². The average molecular weight is 380 g/mol. The largest absolute Gasteiger partial charge is 0.376 e. The molecule has 1 aromatic carbocycles. The van der Waals surface area contributed by atoms with Gasteiger partial charge in [-0.05, 0) is 30.9 Å². The van der Waals surface area contributed by atoms with Gasteiger partial charge in [0.1, 0.15) is 0 Å². The molecule has 6 nitrogen and oxygen atoms in total. The monoisotopic (exact) mass is 379 g/mol.